The molecule has 0 bridgehead atoms. The summed E-state index contributed by atoms with van der Waals surface area (Å²) in [6.07, 6.45) is 1.12. The molecule has 29 heavy (non-hydrogen) atoms. The van der Waals surface area contributed by atoms with Gasteiger partial charge in [0, 0.05) is 29.7 Å². The number of hydrogen-bond acceptors (Lipinski definition) is 3. The second-order valence-corrected chi connectivity index (χ2v) is 7.62. The number of aromatic nitrogens is 2. The summed E-state index contributed by atoms with van der Waals surface area (Å²) in [5.41, 5.74) is 3.74. The SMILES string of the molecule is Cc1cc(CCC(=O)C(C)c2ccc(CCO)c(F)c2)n(-c2cccc(Cl)c2)n1. The van der Waals surface area contributed by atoms with Crippen molar-refractivity contribution in [3.63, 3.8) is 0 Å². The van der Waals surface area contributed by atoms with E-state index in [-0.39, 0.29) is 24.6 Å². The number of ketones is 1. The van der Waals surface area contributed by atoms with E-state index in [9.17, 15) is 9.18 Å². The van der Waals surface area contributed by atoms with Crippen LogP contribution in [0.25, 0.3) is 5.69 Å². The highest BCUT2D eigenvalue weighted by molar-refractivity contribution is 6.30. The number of aryl methyl sites for hydroxylation is 2. The number of Topliss-reactive ketones (excluding diaryl/α,β-unsaturated/α-hetero) is 1. The molecule has 0 fully saturated rings. The van der Waals surface area contributed by atoms with Gasteiger partial charge in [0.2, 0.25) is 0 Å². The highest BCUT2D eigenvalue weighted by Gasteiger charge is 2.18. The molecule has 0 radical (unpaired) electrons. The van der Waals surface area contributed by atoms with E-state index in [1.807, 2.05) is 35.9 Å². The van der Waals surface area contributed by atoms with Crippen LogP contribution >= 0.6 is 11.6 Å². The van der Waals surface area contributed by atoms with Crippen molar-refractivity contribution in [2.45, 2.75) is 39.0 Å². The zero-order chi connectivity index (χ0) is 21.0. The second kappa shape index (κ2) is 9.33. The molecular formula is C23H24ClFN2O2. The van der Waals surface area contributed by atoms with Crippen LogP contribution < -0.4 is 0 Å². The number of benzene rings is 2. The monoisotopic (exact) mass is 414 g/mol. The quantitative estimate of drug-likeness (QED) is 0.575. The predicted molar refractivity (Wildman–Crippen MR) is 112 cm³/mol. The van der Waals surface area contributed by atoms with E-state index in [4.69, 9.17) is 16.7 Å². The number of halogens is 2. The molecule has 6 heteroatoms. The number of rotatable bonds is 8. The fourth-order valence-electron chi connectivity index (χ4n) is 3.37. The van der Waals surface area contributed by atoms with Gasteiger partial charge < -0.3 is 5.11 Å². The Morgan fingerprint density at radius 1 is 1.21 bits per heavy atom. The van der Waals surface area contributed by atoms with Gasteiger partial charge in [-0.2, -0.15) is 5.10 Å². The van der Waals surface area contributed by atoms with E-state index >= 15 is 0 Å². The smallest absolute Gasteiger partial charge is 0.140 e. The van der Waals surface area contributed by atoms with Gasteiger partial charge in [0.1, 0.15) is 11.6 Å². The van der Waals surface area contributed by atoms with E-state index in [2.05, 4.69) is 5.10 Å². The van der Waals surface area contributed by atoms with Crippen LogP contribution in [-0.4, -0.2) is 27.3 Å². The molecule has 1 heterocycles. The lowest BCUT2D eigenvalue weighted by atomic mass is 9.92. The topological polar surface area (TPSA) is 55.1 Å². The zero-order valence-electron chi connectivity index (χ0n) is 16.5. The van der Waals surface area contributed by atoms with Crippen molar-refractivity contribution < 1.29 is 14.3 Å². The summed E-state index contributed by atoms with van der Waals surface area (Å²) in [6.45, 7) is 3.60. The van der Waals surface area contributed by atoms with E-state index < -0.39 is 5.92 Å². The van der Waals surface area contributed by atoms with Crippen molar-refractivity contribution in [1.82, 2.24) is 9.78 Å². The number of aliphatic hydroxyl groups is 1. The van der Waals surface area contributed by atoms with Gasteiger partial charge in [-0.15, -0.1) is 0 Å². The summed E-state index contributed by atoms with van der Waals surface area (Å²) in [6, 6.07) is 14.2. The fraction of sp³-hybridized carbons (Fsp3) is 0.304. The first-order valence-corrected chi connectivity index (χ1v) is 10.00. The van der Waals surface area contributed by atoms with Crippen molar-refractivity contribution in [1.29, 1.82) is 0 Å². The van der Waals surface area contributed by atoms with Crippen LogP contribution in [-0.2, 0) is 17.6 Å². The number of carbonyl (C=O) groups is 1. The Balaban J connectivity index is 1.72. The van der Waals surface area contributed by atoms with Crippen molar-refractivity contribution >= 4 is 17.4 Å². The van der Waals surface area contributed by atoms with Gasteiger partial charge in [0.25, 0.3) is 0 Å². The summed E-state index contributed by atoms with van der Waals surface area (Å²) in [4.78, 5) is 12.7. The van der Waals surface area contributed by atoms with Gasteiger partial charge in [-0.3, -0.25) is 4.79 Å². The highest BCUT2D eigenvalue weighted by atomic mass is 35.5. The first kappa shape index (κ1) is 21.2. The Morgan fingerprint density at radius 2 is 2.00 bits per heavy atom. The minimum atomic E-state index is -0.406. The summed E-state index contributed by atoms with van der Waals surface area (Å²) in [5, 5.41) is 14.1. The molecule has 0 spiro atoms. The Morgan fingerprint density at radius 3 is 2.69 bits per heavy atom. The molecule has 0 amide bonds. The maximum absolute atomic E-state index is 14.1. The van der Waals surface area contributed by atoms with Crippen molar-refractivity contribution in [2.75, 3.05) is 6.61 Å². The largest absolute Gasteiger partial charge is 0.396 e. The van der Waals surface area contributed by atoms with Crippen LogP contribution in [0.3, 0.4) is 0 Å². The van der Waals surface area contributed by atoms with Crippen LogP contribution in [0.1, 0.15) is 41.8 Å². The average molecular weight is 415 g/mol. The Kier molecular flexibility index (Phi) is 6.83. The van der Waals surface area contributed by atoms with Crippen molar-refractivity contribution in [3.8, 4) is 5.69 Å². The summed E-state index contributed by atoms with van der Waals surface area (Å²) in [7, 11) is 0. The first-order chi connectivity index (χ1) is 13.9. The number of nitrogens with zero attached hydrogens (tertiary/aromatic N) is 2. The zero-order valence-corrected chi connectivity index (χ0v) is 17.3. The fourth-order valence-corrected chi connectivity index (χ4v) is 3.56. The third-order valence-corrected chi connectivity index (χ3v) is 5.26. The molecule has 2 aromatic carbocycles. The molecular weight excluding hydrogens is 391 g/mol. The van der Waals surface area contributed by atoms with Crippen molar-refractivity contribution in [2.24, 2.45) is 0 Å². The third kappa shape index (κ3) is 5.11. The summed E-state index contributed by atoms with van der Waals surface area (Å²) < 4.78 is 16.0. The van der Waals surface area contributed by atoms with Crippen molar-refractivity contribution in [3.05, 3.63) is 81.9 Å². The van der Waals surface area contributed by atoms with Gasteiger partial charge in [0.15, 0.2) is 0 Å². The minimum absolute atomic E-state index is 0.0378. The molecule has 1 atom stereocenters. The molecule has 0 aliphatic rings. The van der Waals surface area contributed by atoms with Crippen LogP contribution in [0.15, 0.2) is 48.5 Å². The molecule has 0 saturated carbocycles. The van der Waals surface area contributed by atoms with E-state index in [0.717, 1.165) is 17.1 Å². The first-order valence-electron chi connectivity index (χ1n) is 9.62. The van der Waals surface area contributed by atoms with Gasteiger partial charge in [-0.05, 0) is 61.2 Å². The molecule has 1 aromatic heterocycles. The molecule has 3 aromatic rings. The molecule has 1 N–H and O–H groups in total. The molecule has 0 saturated heterocycles. The van der Waals surface area contributed by atoms with Gasteiger partial charge >= 0.3 is 0 Å². The molecule has 0 aliphatic heterocycles. The van der Waals surface area contributed by atoms with E-state index in [1.165, 1.54) is 6.07 Å². The van der Waals surface area contributed by atoms with Gasteiger partial charge in [-0.1, -0.05) is 36.7 Å². The standard InChI is InChI=1S/C23H24ClFN2O2/c1-15-12-21(27(26-15)20-5-3-4-19(24)14-20)8-9-23(29)16(2)18-7-6-17(10-11-28)22(25)13-18/h3-7,12-14,16,28H,8-11H2,1-2H3. The van der Waals surface area contributed by atoms with Gasteiger partial charge in [-0.25, -0.2) is 9.07 Å². The van der Waals surface area contributed by atoms with Crippen LogP contribution in [0.5, 0.6) is 0 Å². The Hall–Kier alpha value is -2.50. The molecule has 1 unspecified atom stereocenters. The number of carbonyl (C=O) groups excluding carboxylic acids is 1. The van der Waals surface area contributed by atoms with E-state index in [1.54, 1.807) is 25.1 Å². The number of hydrogen-bond donors (Lipinski definition) is 1. The Labute approximate surface area is 174 Å². The van der Waals surface area contributed by atoms with Crippen LogP contribution in [0.4, 0.5) is 4.39 Å². The molecule has 3 rings (SSSR count). The Bertz CT molecular complexity index is 1020. The maximum Gasteiger partial charge on any atom is 0.140 e. The predicted octanol–water partition coefficient (Wildman–Crippen LogP) is 4.81. The summed E-state index contributed by atoms with van der Waals surface area (Å²) >= 11 is 6.09. The highest BCUT2D eigenvalue weighted by Crippen LogP contribution is 2.23. The maximum atomic E-state index is 14.1. The molecule has 4 nitrogen and oxygen atoms in total. The normalized spacial score (nSPS) is 12.2. The lowest BCUT2D eigenvalue weighted by molar-refractivity contribution is -0.120. The van der Waals surface area contributed by atoms with Crippen LogP contribution in [0, 0.1) is 12.7 Å². The lowest BCUT2D eigenvalue weighted by Gasteiger charge is -2.13. The second-order valence-electron chi connectivity index (χ2n) is 7.18. The van der Waals surface area contributed by atoms with E-state index in [0.29, 0.717) is 29.0 Å². The van der Waals surface area contributed by atoms with Crippen LogP contribution in [0.2, 0.25) is 5.02 Å². The molecule has 0 aliphatic carbocycles. The van der Waals surface area contributed by atoms with Gasteiger partial charge in [0.05, 0.1) is 11.4 Å². The third-order valence-electron chi connectivity index (χ3n) is 5.03. The number of aliphatic hydroxyl groups excluding tert-OH is 1. The lowest BCUT2D eigenvalue weighted by Crippen LogP contribution is -2.12. The summed E-state index contributed by atoms with van der Waals surface area (Å²) in [5.74, 6) is -0.752. The molecule has 152 valence electrons. The minimum Gasteiger partial charge on any atom is -0.396 e. The average Bonchev–Trinajstić information content (AvgIpc) is 3.08.